The fraction of sp³-hybridized carbons (Fsp3) is 0.714. The zero-order valence-electron chi connectivity index (χ0n) is 11.6. The standard InChI is InChI=1S/C14H23N3O2/c1-17(8-4-7-11-5-2-3-6-11)10-12-9-13(18)16-14(19)15-12/h9,11H,2-8,10H2,1H3,(H2,15,16,18,19). The molecule has 0 bridgehead atoms. The molecule has 0 spiro atoms. The van der Waals surface area contributed by atoms with Gasteiger partial charge in [-0.15, -0.1) is 0 Å². The molecule has 1 aliphatic carbocycles. The van der Waals surface area contributed by atoms with Gasteiger partial charge in [0.1, 0.15) is 0 Å². The minimum Gasteiger partial charge on any atom is -0.310 e. The maximum atomic E-state index is 11.2. The van der Waals surface area contributed by atoms with E-state index >= 15 is 0 Å². The van der Waals surface area contributed by atoms with Gasteiger partial charge in [-0.25, -0.2) is 4.79 Å². The molecule has 1 aromatic heterocycles. The predicted octanol–water partition coefficient (Wildman–Crippen LogP) is 1.47. The molecule has 0 aliphatic heterocycles. The summed E-state index contributed by atoms with van der Waals surface area (Å²) in [5.41, 5.74) is -0.0860. The van der Waals surface area contributed by atoms with E-state index in [1.54, 1.807) is 0 Å². The van der Waals surface area contributed by atoms with Crippen LogP contribution in [0.1, 0.15) is 44.2 Å². The Labute approximate surface area is 113 Å². The quantitative estimate of drug-likeness (QED) is 0.818. The highest BCUT2D eigenvalue weighted by atomic mass is 16.2. The van der Waals surface area contributed by atoms with Crippen LogP contribution in [0.3, 0.4) is 0 Å². The van der Waals surface area contributed by atoms with Crippen molar-refractivity contribution in [1.29, 1.82) is 0 Å². The summed E-state index contributed by atoms with van der Waals surface area (Å²) in [6.45, 7) is 1.62. The number of aromatic amines is 2. The van der Waals surface area contributed by atoms with Gasteiger partial charge in [0.05, 0.1) is 0 Å². The van der Waals surface area contributed by atoms with Crippen molar-refractivity contribution in [2.75, 3.05) is 13.6 Å². The largest absolute Gasteiger partial charge is 0.325 e. The molecule has 1 aliphatic rings. The van der Waals surface area contributed by atoms with Crippen LogP contribution in [0.15, 0.2) is 15.7 Å². The van der Waals surface area contributed by atoms with Crippen LogP contribution in [0.2, 0.25) is 0 Å². The van der Waals surface area contributed by atoms with E-state index in [9.17, 15) is 9.59 Å². The Balaban J connectivity index is 1.75. The zero-order chi connectivity index (χ0) is 13.7. The Kier molecular flexibility index (Phi) is 4.96. The Bertz CT molecular complexity index is 472. The molecule has 2 N–H and O–H groups in total. The Morgan fingerprint density at radius 2 is 2.00 bits per heavy atom. The zero-order valence-corrected chi connectivity index (χ0v) is 11.6. The summed E-state index contributed by atoms with van der Waals surface area (Å²) in [5.74, 6) is 0.924. The van der Waals surface area contributed by atoms with Gasteiger partial charge in [0.25, 0.3) is 5.56 Å². The lowest BCUT2D eigenvalue weighted by Gasteiger charge is -2.17. The van der Waals surface area contributed by atoms with Crippen molar-refractivity contribution in [3.8, 4) is 0 Å². The molecule has 0 aromatic carbocycles. The lowest BCUT2D eigenvalue weighted by molar-refractivity contribution is 0.302. The third kappa shape index (κ3) is 4.67. The first-order valence-corrected chi connectivity index (χ1v) is 7.14. The molecule has 19 heavy (non-hydrogen) atoms. The summed E-state index contributed by atoms with van der Waals surface area (Å²) in [7, 11) is 2.02. The summed E-state index contributed by atoms with van der Waals surface area (Å²) in [6, 6.07) is 1.45. The van der Waals surface area contributed by atoms with E-state index in [4.69, 9.17) is 0 Å². The van der Waals surface area contributed by atoms with Crippen molar-refractivity contribution in [2.45, 2.75) is 45.1 Å². The third-order valence-corrected chi connectivity index (χ3v) is 3.88. The average molecular weight is 265 g/mol. The van der Waals surface area contributed by atoms with E-state index in [0.29, 0.717) is 12.2 Å². The third-order valence-electron chi connectivity index (χ3n) is 3.88. The first-order valence-electron chi connectivity index (χ1n) is 7.14. The second kappa shape index (κ2) is 6.70. The summed E-state index contributed by atoms with van der Waals surface area (Å²) in [6.07, 6.45) is 8.07. The molecule has 1 saturated carbocycles. The summed E-state index contributed by atoms with van der Waals surface area (Å²) in [5, 5.41) is 0. The number of hydrogen-bond donors (Lipinski definition) is 2. The van der Waals surface area contributed by atoms with Gasteiger partial charge in [-0.05, 0) is 32.4 Å². The van der Waals surface area contributed by atoms with Crippen LogP contribution in [0.25, 0.3) is 0 Å². The van der Waals surface area contributed by atoms with Crippen molar-refractivity contribution in [3.63, 3.8) is 0 Å². The molecule has 2 rings (SSSR count). The lowest BCUT2D eigenvalue weighted by atomic mass is 10.0. The van der Waals surface area contributed by atoms with Crippen molar-refractivity contribution in [1.82, 2.24) is 14.9 Å². The van der Waals surface area contributed by atoms with Crippen LogP contribution >= 0.6 is 0 Å². The van der Waals surface area contributed by atoms with Gasteiger partial charge in [-0.2, -0.15) is 0 Å². The molecular formula is C14H23N3O2. The molecule has 106 valence electrons. The molecule has 1 aromatic rings. The van der Waals surface area contributed by atoms with Gasteiger partial charge < -0.3 is 9.88 Å². The molecule has 0 unspecified atom stereocenters. The van der Waals surface area contributed by atoms with Crippen LogP contribution in [0.5, 0.6) is 0 Å². The first kappa shape index (κ1) is 14.1. The lowest BCUT2D eigenvalue weighted by Crippen LogP contribution is -2.27. The molecule has 5 nitrogen and oxygen atoms in total. The number of nitrogens with zero attached hydrogens (tertiary/aromatic N) is 1. The maximum Gasteiger partial charge on any atom is 0.325 e. The van der Waals surface area contributed by atoms with Crippen LogP contribution in [-0.4, -0.2) is 28.5 Å². The van der Waals surface area contributed by atoms with Gasteiger partial charge in [0.2, 0.25) is 0 Å². The maximum absolute atomic E-state index is 11.2. The van der Waals surface area contributed by atoms with Gasteiger partial charge >= 0.3 is 5.69 Å². The molecule has 5 heteroatoms. The van der Waals surface area contributed by atoms with Crippen molar-refractivity contribution in [2.24, 2.45) is 5.92 Å². The van der Waals surface area contributed by atoms with Crippen molar-refractivity contribution in [3.05, 3.63) is 32.6 Å². The fourth-order valence-electron chi connectivity index (χ4n) is 2.92. The van der Waals surface area contributed by atoms with E-state index in [-0.39, 0.29) is 5.56 Å². The monoisotopic (exact) mass is 265 g/mol. The highest BCUT2D eigenvalue weighted by molar-refractivity contribution is 4.97. The van der Waals surface area contributed by atoms with Gasteiger partial charge in [0.15, 0.2) is 0 Å². The van der Waals surface area contributed by atoms with Crippen LogP contribution in [0.4, 0.5) is 0 Å². The summed E-state index contributed by atoms with van der Waals surface area (Å²) >= 11 is 0. The molecule has 1 heterocycles. The predicted molar refractivity (Wildman–Crippen MR) is 75.2 cm³/mol. The van der Waals surface area contributed by atoms with Crippen LogP contribution in [-0.2, 0) is 6.54 Å². The molecule has 0 atom stereocenters. The number of H-pyrrole nitrogens is 2. The molecule has 1 fully saturated rings. The summed E-state index contributed by atoms with van der Waals surface area (Å²) < 4.78 is 0. The number of hydrogen-bond acceptors (Lipinski definition) is 3. The molecule has 0 amide bonds. The number of aromatic nitrogens is 2. The van der Waals surface area contributed by atoms with Gasteiger partial charge in [0, 0.05) is 18.3 Å². The van der Waals surface area contributed by atoms with Crippen LogP contribution < -0.4 is 11.2 Å². The number of nitrogens with one attached hydrogen (secondary N) is 2. The number of rotatable bonds is 6. The molecule has 0 saturated heterocycles. The average Bonchev–Trinajstić information content (AvgIpc) is 2.80. The topological polar surface area (TPSA) is 69.0 Å². The highest BCUT2D eigenvalue weighted by Crippen LogP contribution is 2.28. The molecular weight excluding hydrogens is 242 g/mol. The van der Waals surface area contributed by atoms with E-state index in [1.165, 1.54) is 44.6 Å². The van der Waals surface area contributed by atoms with E-state index in [2.05, 4.69) is 14.9 Å². The normalized spacial score (nSPS) is 16.3. The second-order valence-electron chi connectivity index (χ2n) is 5.64. The smallest absolute Gasteiger partial charge is 0.310 e. The highest BCUT2D eigenvalue weighted by Gasteiger charge is 2.14. The second-order valence-corrected chi connectivity index (χ2v) is 5.64. The minimum atomic E-state index is -0.429. The van der Waals surface area contributed by atoms with Crippen molar-refractivity contribution < 1.29 is 0 Å². The van der Waals surface area contributed by atoms with Gasteiger partial charge in [-0.1, -0.05) is 25.7 Å². The summed E-state index contributed by atoms with van der Waals surface area (Å²) in [4.78, 5) is 29.3. The SMILES string of the molecule is CN(CCCC1CCCC1)Cc1cc(=O)[nH]c(=O)[nH]1. The van der Waals surface area contributed by atoms with Crippen LogP contribution in [0, 0.1) is 5.92 Å². The van der Waals surface area contributed by atoms with E-state index in [0.717, 1.165) is 12.5 Å². The first-order chi connectivity index (χ1) is 9.13. The Hall–Kier alpha value is -1.36. The van der Waals surface area contributed by atoms with E-state index < -0.39 is 5.69 Å². The van der Waals surface area contributed by atoms with E-state index in [1.807, 2.05) is 7.05 Å². The van der Waals surface area contributed by atoms with Gasteiger partial charge in [-0.3, -0.25) is 9.78 Å². The Morgan fingerprint density at radius 3 is 2.68 bits per heavy atom. The minimum absolute atomic E-state index is 0.335. The molecule has 0 radical (unpaired) electrons. The fourth-order valence-corrected chi connectivity index (χ4v) is 2.92. The Morgan fingerprint density at radius 1 is 1.26 bits per heavy atom. The van der Waals surface area contributed by atoms with Crippen molar-refractivity contribution >= 4 is 0 Å².